The molecule has 7 nitrogen and oxygen atoms in total. The van der Waals surface area contributed by atoms with Crippen LogP contribution in [0.5, 0.6) is 0 Å². The van der Waals surface area contributed by atoms with Crippen molar-refractivity contribution in [1.29, 1.82) is 0 Å². The number of aliphatic hydroxyl groups is 2. The van der Waals surface area contributed by atoms with Crippen LogP contribution in [-0.4, -0.2) is 61.2 Å². The van der Waals surface area contributed by atoms with Gasteiger partial charge in [-0.05, 0) is 31.7 Å². The maximum absolute atomic E-state index is 12.0. The highest BCUT2D eigenvalue weighted by molar-refractivity contribution is 6.00. The third-order valence-corrected chi connectivity index (χ3v) is 3.81. The van der Waals surface area contributed by atoms with Crippen molar-refractivity contribution in [3.05, 3.63) is 0 Å². The monoisotopic (exact) mass is 287 g/mol. The van der Waals surface area contributed by atoms with E-state index in [-0.39, 0.29) is 19.3 Å². The molecular weight excluding hydrogens is 266 g/mol. The van der Waals surface area contributed by atoms with E-state index in [0.717, 1.165) is 25.8 Å². The largest absolute Gasteiger partial charge is 0.464 e. The van der Waals surface area contributed by atoms with E-state index >= 15 is 0 Å². The van der Waals surface area contributed by atoms with Gasteiger partial charge in [-0.2, -0.15) is 0 Å². The van der Waals surface area contributed by atoms with Gasteiger partial charge >= 0.3 is 11.9 Å². The van der Waals surface area contributed by atoms with Crippen LogP contribution in [0.2, 0.25) is 0 Å². The van der Waals surface area contributed by atoms with Crippen LogP contribution in [0.3, 0.4) is 0 Å². The van der Waals surface area contributed by atoms with Crippen molar-refractivity contribution in [2.24, 2.45) is 11.3 Å². The molecule has 2 rings (SSSR count). The minimum atomic E-state index is -2.02. The first-order chi connectivity index (χ1) is 9.62. The van der Waals surface area contributed by atoms with Crippen molar-refractivity contribution in [3.8, 4) is 0 Å². The van der Waals surface area contributed by atoms with E-state index in [1.54, 1.807) is 0 Å². The second kappa shape index (κ2) is 6.51. The van der Waals surface area contributed by atoms with Crippen molar-refractivity contribution in [2.45, 2.75) is 25.3 Å². The topological polar surface area (TPSA) is 105 Å². The summed E-state index contributed by atoms with van der Waals surface area (Å²) in [6.45, 7) is -0.445. The van der Waals surface area contributed by atoms with Gasteiger partial charge in [0.2, 0.25) is 5.41 Å². The first kappa shape index (κ1) is 15.2. The Morgan fingerprint density at radius 3 is 2.00 bits per heavy atom. The van der Waals surface area contributed by atoms with Crippen LogP contribution >= 0.6 is 0 Å². The van der Waals surface area contributed by atoms with E-state index in [2.05, 4.69) is 5.32 Å². The average Bonchev–Trinajstić information content (AvgIpc) is 3.20. The SMILES string of the molecule is O=C(OCC1CC1)C(CO)(CO)C(=O)OCC1CCN1. The van der Waals surface area contributed by atoms with Crippen molar-refractivity contribution < 1.29 is 29.3 Å². The van der Waals surface area contributed by atoms with Crippen molar-refractivity contribution in [1.82, 2.24) is 5.32 Å². The summed E-state index contributed by atoms with van der Waals surface area (Å²) < 4.78 is 10.0. The van der Waals surface area contributed by atoms with Crippen LogP contribution in [0, 0.1) is 11.3 Å². The third-order valence-electron chi connectivity index (χ3n) is 3.81. The van der Waals surface area contributed by atoms with E-state index in [9.17, 15) is 19.8 Å². The zero-order valence-corrected chi connectivity index (χ0v) is 11.3. The number of carbonyl (C=O) groups excluding carboxylic acids is 2. The minimum Gasteiger partial charge on any atom is -0.464 e. The molecular formula is C13H21NO6. The van der Waals surface area contributed by atoms with E-state index in [4.69, 9.17) is 9.47 Å². The first-order valence-corrected chi connectivity index (χ1v) is 6.92. The highest BCUT2D eigenvalue weighted by Crippen LogP contribution is 2.30. The molecule has 1 saturated carbocycles. The number of carbonyl (C=O) groups is 2. The van der Waals surface area contributed by atoms with E-state index in [1.165, 1.54) is 0 Å². The molecule has 0 radical (unpaired) electrons. The Morgan fingerprint density at radius 2 is 1.60 bits per heavy atom. The van der Waals surface area contributed by atoms with Crippen LogP contribution in [0.15, 0.2) is 0 Å². The second-order valence-corrected chi connectivity index (χ2v) is 5.48. The Kier molecular flexibility index (Phi) is 4.95. The molecule has 20 heavy (non-hydrogen) atoms. The molecule has 1 heterocycles. The van der Waals surface area contributed by atoms with Gasteiger partial charge in [-0.3, -0.25) is 9.59 Å². The number of ether oxygens (including phenoxy) is 2. The Labute approximate surface area is 117 Å². The number of rotatable bonds is 8. The summed E-state index contributed by atoms with van der Waals surface area (Å²) in [7, 11) is 0. The number of aliphatic hydroxyl groups excluding tert-OH is 2. The fraction of sp³-hybridized carbons (Fsp3) is 0.846. The van der Waals surface area contributed by atoms with E-state index < -0.39 is 30.6 Å². The fourth-order valence-electron chi connectivity index (χ4n) is 1.81. The highest BCUT2D eigenvalue weighted by Gasteiger charge is 2.49. The number of esters is 2. The molecule has 0 bridgehead atoms. The van der Waals surface area contributed by atoms with Crippen LogP contribution < -0.4 is 5.32 Å². The van der Waals surface area contributed by atoms with E-state index in [1.807, 2.05) is 0 Å². The quantitative estimate of drug-likeness (QED) is 0.381. The minimum absolute atomic E-state index is 0.0801. The zero-order chi connectivity index (χ0) is 14.6. The lowest BCUT2D eigenvalue weighted by molar-refractivity contribution is -0.180. The van der Waals surface area contributed by atoms with Gasteiger partial charge in [0.25, 0.3) is 0 Å². The molecule has 1 unspecified atom stereocenters. The summed E-state index contributed by atoms with van der Waals surface area (Å²) in [5.41, 5.74) is -2.02. The van der Waals surface area contributed by atoms with Crippen LogP contribution in [-0.2, 0) is 19.1 Å². The molecule has 2 aliphatic rings. The average molecular weight is 287 g/mol. The lowest BCUT2D eigenvalue weighted by Gasteiger charge is -2.30. The van der Waals surface area contributed by atoms with Gasteiger partial charge < -0.3 is 25.0 Å². The molecule has 114 valence electrons. The van der Waals surface area contributed by atoms with E-state index in [0.29, 0.717) is 5.92 Å². The maximum Gasteiger partial charge on any atom is 0.328 e. The van der Waals surface area contributed by atoms with Crippen molar-refractivity contribution in [3.63, 3.8) is 0 Å². The summed E-state index contributed by atoms with van der Waals surface area (Å²) in [6.07, 6.45) is 2.89. The Hall–Kier alpha value is -1.18. The molecule has 1 aliphatic heterocycles. The Bertz CT molecular complexity index is 360. The lowest BCUT2D eigenvalue weighted by atomic mass is 9.90. The van der Waals surface area contributed by atoms with Gasteiger partial charge in [-0.1, -0.05) is 0 Å². The third kappa shape index (κ3) is 3.28. The molecule has 0 aromatic rings. The molecule has 1 saturated heterocycles. The predicted octanol–water partition coefficient (Wildman–Crippen LogP) is -1.18. The lowest BCUT2D eigenvalue weighted by Crippen LogP contribution is -2.51. The van der Waals surface area contributed by atoms with Crippen LogP contribution in [0.25, 0.3) is 0 Å². The number of hydrogen-bond donors (Lipinski definition) is 3. The summed E-state index contributed by atoms with van der Waals surface area (Å²) in [5.74, 6) is -1.51. The molecule has 0 aromatic heterocycles. The van der Waals surface area contributed by atoms with Gasteiger partial charge in [0.1, 0.15) is 6.61 Å². The highest BCUT2D eigenvalue weighted by atomic mass is 16.6. The van der Waals surface area contributed by atoms with Gasteiger partial charge in [0.05, 0.1) is 19.8 Å². The molecule has 2 fully saturated rings. The fourth-order valence-corrected chi connectivity index (χ4v) is 1.81. The molecule has 7 heteroatoms. The number of hydrogen-bond acceptors (Lipinski definition) is 7. The smallest absolute Gasteiger partial charge is 0.328 e. The molecule has 1 atom stereocenters. The molecule has 0 spiro atoms. The Balaban J connectivity index is 1.89. The van der Waals surface area contributed by atoms with Gasteiger partial charge in [0.15, 0.2) is 0 Å². The molecule has 1 aliphatic carbocycles. The van der Waals surface area contributed by atoms with Crippen LogP contribution in [0.1, 0.15) is 19.3 Å². The standard InChI is InChI=1S/C13H21NO6/c15-7-13(8-16,11(17)19-5-9-1-2-9)12(18)20-6-10-3-4-14-10/h9-10,14-16H,1-8H2. The van der Waals surface area contributed by atoms with Gasteiger partial charge in [-0.25, -0.2) is 0 Å². The van der Waals surface area contributed by atoms with Crippen molar-refractivity contribution >= 4 is 11.9 Å². The normalized spacial score (nSPS) is 22.0. The summed E-state index contributed by atoms with van der Waals surface area (Å²) in [4.78, 5) is 24.0. The summed E-state index contributed by atoms with van der Waals surface area (Å²) >= 11 is 0. The second-order valence-electron chi connectivity index (χ2n) is 5.48. The number of nitrogens with one attached hydrogen (secondary N) is 1. The Morgan fingerprint density at radius 1 is 1.05 bits per heavy atom. The summed E-state index contributed by atoms with van der Waals surface area (Å²) in [6, 6.07) is 0.0801. The molecule has 0 amide bonds. The van der Waals surface area contributed by atoms with Gasteiger partial charge in [0, 0.05) is 6.04 Å². The van der Waals surface area contributed by atoms with Crippen LogP contribution in [0.4, 0.5) is 0 Å². The first-order valence-electron chi connectivity index (χ1n) is 6.92. The maximum atomic E-state index is 12.0. The summed E-state index contributed by atoms with van der Waals surface area (Å²) in [5, 5.41) is 21.8. The predicted molar refractivity (Wildman–Crippen MR) is 67.7 cm³/mol. The molecule has 0 aromatic carbocycles. The molecule has 3 N–H and O–H groups in total. The van der Waals surface area contributed by atoms with Gasteiger partial charge in [-0.15, -0.1) is 0 Å². The zero-order valence-electron chi connectivity index (χ0n) is 11.3. The van der Waals surface area contributed by atoms with Crippen molar-refractivity contribution in [2.75, 3.05) is 33.0 Å².